The number of rotatable bonds is 8. The fourth-order valence-electron chi connectivity index (χ4n) is 2.60. The Morgan fingerprint density at radius 3 is 2.84 bits per heavy atom. The summed E-state index contributed by atoms with van der Waals surface area (Å²) in [7, 11) is 0. The lowest BCUT2D eigenvalue weighted by molar-refractivity contribution is -0.130. The van der Waals surface area contributed by atoms with E-state index in [4.69, 9.17) is 0 Å². The third kappa shape index (κ3) is 4.21. The summed E-state index contributed by atoms with van der Waals surface area (Å²) in [5, 5.41) is 13.8. The van der Waals surface area contributed by atoms with Crippen LogP contribution >= 0.6 is 23.1 Å². The number of aryl methyl sites for hydroxylation is 2. The summed E-state index contributed by atoms with van der Waals surface area (Å²) in [4.78, 5) is 26.6. The molecule has 1 saturated heterocycles. The third-order valence-electron chi connectivity index (χ3n) is 3.96. The van der Waals surface area contributed by atoms with Gasteiger partial charge in [0.05, 0.1) is 0 Å². The number of carbonyl (C=O) groups is 2. The van der Waals surface area contributed by atoms with Crippen LogP contribution in [0.3, 0.4) is 0 Å². The summed E-state index contributed by atoms with van der Waals surface area (Å²) < 4.78 is 2.04. The molecular formula is C16H21N5O2S2. The number of imide groups is 1. The van der Waals surface area contributed by atoms with Crippen LogP contribution in [0.1, 0.15) is 25.1 Å². The average Bonchev–Trinajstić information content (AvgIpc) is 3.26. The number of aromatic nitrogens is 3. The number of nitrogens with zero attached hydrogens (tertiary/aromatic N) is 4. The van der Waals surface area contributed by atoms with Crippen molar-refractivity contribution in [1.82, 2.24) is 25.0 Å². The van der Waals surface area contributed by atoms with Crippen LogP contribution < -0.4 is 5.32 Å². The van der Waals surface area contributed by atoms with Gasteiger partial charge in [-0.15, -0.1) is 21.5 Å². The number of nitrogens with one attached hydrogen (secondary N) is 1. The van der Waals surface area contributed by atoms with Gasteiger partial charge in [-0.05, 0) is 38.1 Å². The van der Waals surface area contributed by atoms with Crippen LogP contribution in [-0.4, -0.2) is 49.4 Å². The monoisotopic (exact) mass is 379 g/mol. The number of thiophene rings is 1. The van der Waals surface area contributed by atoms with Crippen LogP contribution in [0.4, 0.5) is 4.79 Å². The number of carbonyl (C=O) groups excluding carboxylic acids is 2. The van der Waals surface area contributed by atoms with Gasteiger partial charge in [-0.2, -0.15) is 0 Å². The number of hydrogen-bond donors (Lipinski definition) is 1. The Kier molecular flexibility index (Phi) is 5.43. The summed E-state index contributed by atoms with van der Waals surface area (Å²) in [5.74, 6) is 0.608. The van der Waals surface area contributed by atoms with Gasteiger partial charge in [0.1, 0.15) is 11.9 Å². The molecule has 0 bridgehead atoms. The molecule has 7 nitrogen and oxygen atoms in total. The molecule has 2 aromatic rings. The second-order valence-corrected chi connectivity index (χ2v) is 8.44. The van der Waals surface area contributed by atoms with Gasteiger partial charge in [-0.1, -0.05) is 17.8 Å². The SMILES string of the molecule is CC1(C)NC(=O)N(CCCSc2nncn2CCc2cccs2)C1=O. The Morgan fingerprint density at radius 1 is 1.32 bits per heavy atom. The van der Waals surface area contributed by atoms with Crippen molar-refractivity contribution in [3.05, 3.63) is 28.7 Å². The van der Waals surface area contributed by atoms with E-state index < -0.39 is 5.54 Å². The quantitative estimate of drug-likeness (QED) is 0.433. The van der Waals surface area contributed by atoms with E-state index in [-0.39, 0.29) is 11.9 Å². The molecule has 1 fully saturated rings. The lowest BCUT2D eigenvalue weighted by atomic mass is 10.1. The van der Waals surface area contributed by atoms with Crippen molar-refractivity contribution in [1.29, 1.82) is 0 Å². The van der Waals surface area contributed by atoms with E-state index in [2.05, 4.69) is 33.0 Å². The molecule has 9 heteroatoms. The smallest absolute Gasteiger partial charge is 0.324 e. The molecule has 0 spiro atoms. The maximum absolute atomic E-state index is 12.1. The lowest BCUT2D eigenvalue weighted by Gasteiger charge is -2.15. The topological polar surface area (TPSA) is 80.1 Å². The van der Waals surface area contributed by atoms with Gasteiger partial charge in [0.15, 0.2) is 5.16 Å². The van der Waals surface area contributed by atoms with Crippen LogP contribution in [0, 0.1) is 0 Å². The summed E-state index contributed by atoms with van der Waals surface area (Å²) in [6.07, 6.45) is 3.42. The second kappa shape index (κ2) is 7.57. The summed E-state index contributed by atoms with van der Waals surface area (Å²) in [6.45, 7) is 4.71. The minimum atomic E-state index is -0.799. The van der Waals surface area contributed by atoms with Gasteiger partial charge in [-0.25, -0.2) is 4.79 Å². The van der Waals surface area contributed by atoms with E-state index in [1.165, 1.54) is 9.78 Å². The van der Waals surface area contributed by atoms with Crippen molar-refractivity contribution in [2.75, 3.05) is 12.3 Å². The second-order valence-electron chi connectivity index (χ2n) is 6.35. The summed E-state index contributed by atoms with van der Waals surface area (Å²) in [6, 6.07) is 3.87. The number of hydrogen-bond acceptors (Lipinski definition) is 6. The molecule has 3 rings (SSSR count). The highest BCUT2D eigenvalue weighted by atomic mass is 32.2. The molecular weight excluding hydrogens is 358 g/mol. The highest BCUT2D eigenvalue weighted by Crippen LogP contribution is 2.20. The van der Waals surface area contributed by atoms with Crippen molar-refractivity contribution in [3.63, 3.8) is 0 Å². The predicted molar refractivity (Wildman–Crippen MR) is 97.7 cm³/mol. The van der Waals surface area contributed by atoms with Crippen molar-refractivity contribution >= 4 is 35.0 Å². The molecule has 1 N–H and O–H groups in total. The average molecular weight is 380 g/mol. The van der Waals surface area contributed by atoms with Gasteiger partial charge in [0.2, 0.25) is 0 Å². The minimum absolute atomic E-state index is 0.165. The van der Waals surface area contributed by atoms with Gasteiger partial charge in [0.25, 0.3) is 5.91 Å². The van der Waals surface area contributed by atoms with Crippen molar-refractivity contribution in [2.24, 2.45) is 0 Å². The molecule has 2 aromatic heterocycles. The van der Waals surface area contributed by atoms with Gasteiger partial charge in [-0.3, -0.25) is 9.69 Å². The van der Waals surface area contributed by atoms with Gasteiger partial charge < -0.3 is 9.88 Å². The summed E-state index contributed by atoms with van der Waals surface area (Å²) >= 11 is 3.35. The number of thioether (sulfide) groups is 1. The predicted octanol–water partition coefficient (Wildman–Crippen LogP) is 2.39. The number of amides is 3. The first-order valence-corrected chi connectivity index (χ1v) is 10.0. The zero-order valence-electron chi connectivity index (χ0n) is 14.3. The van der Waals surface area contributed by atoms with E-state index >= 15 is 0 Å². The molecule has 1 aliphatic rings. The molecule has 3 heterocycles. The van der Waals surface area contributed by atoms with Crippen LogP contribution in [0.15, 0.2) is 29.0 Å². The van der Waals surface area contributed by atoms with Gasteiger partial charge in [0, 0.05) is 23.7 Å². The Labute approximate surface area is 154 Å². The highest BCUT2D eigenvalue weighted by Gasteiger charge is 2.43. The Morgan fingerprint density at radius 2 is 2.16 bits per heavy atom. The lowest BCUT2D eigenvalue weighted by Crippen LogP contribution is -2.40. The van der Waals surface area contributed by atoms with Crippen LogP contribution in [-0.2, 0) is 17.8 Å². The Hall–Kier alpha value is -1.87. The zero-order chi connectivity index (χ0) is 17.9. The van der Waals surface area contributed by atoms with Crippen molar-refractivity contribution in [3.8, 4) is 0 Å². The van der Waals surface area contributed by atoms with E-state index in [0.29, 0.717) is 6.54 Å². The molecule has 0 radical (unpaired) electrons. The third-order valence-corrected chi connectivity index (χ3v) is 5.96. The van der Waals surface area contributed by atoms with E-state index in [1.807, 2.05) is 4.57 Å². The molecule has 3 amide bonds. The summed E-state index contributed by atoms with van der Waals surface area (Å²) in [5.41, 5.74) is -0.799. The van der Waals surface area contributed by atoms with Crippen LogP contribution in [0.2, 0.25) is 0 Å². The van der Waals surface area contributed by atoms with Crippen molar-refractivity contribution < 1.29 is 9.59 Å². The first-order valence-electron chi connectivity index (χ1n) is 8.14. The largest absolute Gasteiger partial charge is 0.325 e. The molecule has 0 aliphatic carbocycles. The molecule has 0 aromatic carbocycles. The molecule has 0 atom stereocenters. The Balaban J connectivity index is 1.45. The molecule has 1 aliphatic heterocycles. The van der Waals surface area contributed by atoms with E-state index in [9.17, 15) is 9.59 Å². The fraction of sp³-hybridized carbons (Fsp3) is 0.500. The van der Waals surface area contributed by atoms with Crippen LogP contribution in [0.5, 0.6) is 0 Å². The van der Waals surface area contributed by atoms with E-state index in [1.54, 1.807) is 43.3 Å². The first-order chi connectivity index (χ1) is 12.0. The standard InChI is InChI=1S/C16H21N5O2S2/c1-16(2)13(22)21(14(23)18-16)7-4-10-25-15-19-17-11-20(15)8-6-12-5-3-9-24-12/h3,5,9,11H,4,6-8,10H2,1-2H3,(H,18,23). The Bertz CT molecular complexity index is 742. The van der Waals surface area contributed by atoms with E-state index in [0.717, 1.165) is 30.3 Å². The van der Waals surface area contributed by atoms with Crippen molar-refractivity contribution in [2.45, 2.75) is 43.9 Å². The maximum atomic E-state index is 12.1. The molecule has 0 saturated carbocycles. The minimum Gasteiger partial charge on any atom is -0.324 e. The first kappa shape index (κ1) is 17.9. The van der Waals surface area contributed by atoms with Crippen LogP contribution in [0.25, 0.3) is 0 Å². The maximum Gasteiger partial charge on any atom is 0.325 e. The molecule has 134 valence electrons. The molecule has 25 heavy (non-hydrogen) atoms. The fourth-order valence-corrected chi connectivity index (χ4v) is 4.17. The highest BCUT2D eigenvalue weighted by molar-refractivity contribution is 7.99. The molecule has 0 unspecified atom stereocenters. The zero-order valence-corrected chi connectivity index (χ0v) is 15.9. The normalized spacial score (nSPS) is 16.5. The number of urea groups is 1. The van der Waals surface area contributed by atoms with Gasteiger partial charge >= 0.3 is 6.03 Å².